The van der Waals surface area contributed by atoms with Crippen LogP contribution < -0.4 is 15.0 Å². The summed E-state index contributed by atoms with van der Waals surface area (Å²) in [6, 6.07) is 12.1. The monoisotopic (exact) mass is 378 g/mol. The largest absolute Gasteiger partial charge is 0.482 e. The van der Waals surface area contributed by atoms with Gasteiger partial charge in [0.25, 0.3) is 5.91 Å². The van der Waals surface area contributed by atoms with Crippen molar-refractivity contribution in [2.75, 3.05) is 18.1 Å². The van der Waals surface area contributed by atoms with Gasteiger partial charge < -0.3 is 10.1 Å². The van der Waals surface area contributed by atoms with Crippen molar-refractivity contribution in [1.29, 1.82) is 0 Å². The van der Waals surface area contributed by atoms with Crippen molar-refractivity contribution in [3.05, 3.63) is 58.1 Å². The van der Waals surface area contributed by atoms with E-state index in [0.29, 0.717) is 21.5 Å². The van der Waals surface area contributed by atoms with Crippen molar-refractivity contribution < 1.29 is 14.3 Å². The molecule has 0 aromatic heterocycles. The van der Waals surface area contributed by atoms with Crippen LogP contribution in [-0.4, -0.2) is 25.0 Å². The molecule has 1 unspecified atom stereocenters. The minimum atomic E-state index is -0.274. The van der Waals surface area contributed by atoms with Crippen LogP contribution in [0.5, 0.6) is 5.75 Å². The van der Waals surface area contributed by atoms with Crippen LogP contribution >= 0.6 is 23.2 Å². The molecule has 2 amide bonds. The molecule has 1 N–H and O–H groups in total. The first-order valence-electron chi connectivity index (χ1n) is 7.72. The lowest BCUT2D eigenvalue weighted by Crippen LogP contribution is -2.45. The third-order valence-electron chi connectivity index (χ3n) is 3.93. The van der Waals surface area contributed by atoms with Gasteiger partial charge >= 0.3 is 0 Å². The van der Waals surface area contributed by atoms with Crippen LogP contribution in [0.1, 0.15) is 18.5 Å². The second-order valence-electron chi connectivity index (χ2n) is 5.70. The predicted molar refractivity (Wildman–Crippen MR) is 97.3 cm³/mol. The fourth-order valence-corrected chi connectivity index (χ4v) is 2.93. The summed E-state index contributed by atoms with van der Waals surface area (Å²) in [7, 11) is 0. The van der Waals surface area contributed by atoms with E-state index in [1.807, 2.05) is 13.0 Å². The number of fused-ring (bicyclic) bond motifs is 1. The van der Waals surface area contributed by atoms with Gasteiger partial charge in [0.05, 0.1) is 21.8 Å². The van der Waals surface area contributed by atoms with Gasteiger partial charge in [-0.3, -0.25) is 14.5 Å². The highest BCUT2D eigenvalue weighted by Crippen LogP contribution is 2.31. The summed E-state index contributed by atoms with van der Waals surface area (Å²) in [5.41, 5.74) is 1.42. The van der Waals surface area contributed by atoms with Crippen molar-refractivity contribution in [1.82, 2.24) is 5.32 Å². The van der Waals surface area contributed by atoms with E-state index in [0.717, 1.165) is 5.56 Å². The quantitative estimate of drug-likeness (QED) is 0.883. The first-order valence-corrected chi connectivity index (χ1v) is 8.48. The van der Waals surface area contributed by atoms with Crippen molar-refractivity contribution in [3.8, 4) is 5.75 Å². The van der Waals surface area contributed by atoms with Crippen molar-refractivity contribution >= 4 is 40.7 Å². The number of benzene rings is 2. The lowest BCUT2D eigenvalue weighted by atomic mass is 10.1. The molecule has 0 saturated heterocycles. The maximum atomic E-state index is 12.4. The van der Waals surface area contributed by atoms with Crippen LogP contribution in [0.3, 0.4) is 0 Å². The summed E-state index contributed by atoms with van der Waals surface area (Å²) in [6.45, 7) is 1.68. The second kappa shape index (κ2) is 7.33. The summed E-state index contributed by atoms with van der Waals surface area (Å²) in [5, 5.41) is 3.75. The molecule has 0 spiro atoms. The molecule has 1 aliphatic rings. The molecule has 0 bridgehead atoms. The third kappa shape index (κ3) is 3.89. The molecule has 1 heterocycles. The molecule has 0 radical (unpaired) electrons. The van der Waals surface area contributed by atoms with Crippen molar-refractivity contribution in [2.45, 2.75) is 13.0 Å². The molecular weight excluding hydrogens is 363 g/mol. The summed E-state index contributed by atoms with van der Waals surface area (Å²) in [6.07, 6.45) is 0. The average Bonchev–Trinajstić information content (AvgIpc) is 2.59. The van der Waals surface area contributed by atoms with Gasteiger partial charge in [0.15, 0.2) is 6.61 Å². The van der Waals surface area contributed by atoms with Crippen LogP contribution in [0.4, 0.5) is 5.69 Å². The Balaban J connectivity index is 1.70. The lowest BCUT2D eigenvalue weighted by Gasteiger charge is -2.29. The zero-order valence-electron chi connectivity index (χ0n) is 13.5. The normalized spacial score (nSPS) is 14.5. The zero-order chi connectivity index (χ0) is 18.0. The maximum absolute atomic E-state index is 12.4. The number of nitrogens with zero attached hydrogens (tertiary/aromatic N) is 1. The van der Waals surface area contributed by atoms with E-state index in [4.69, 9.17) is 27.9 Å². The highest BCUT2D eigenvalue weighted by molar-refractivity contribution is 6.42. The first-order chi connectivity index (χ1) is 12.0. The number of rotatable bonds is 4. The Morgan fingerprint density at radius 3 is 2.76 bits per heavy atom. The van der Waals surface area contributed by atoms with Crippen LogP contribution in [0.25, 0.3) is 0 Å². The minimum absolute atomic E-state index is 0.0767. The number of carbonyl (C=O) groups is 2. The fourth-order valence-electron chi connectivity index (χ4n) is 2.62. The minimum Gasteiger partial charge on any atom is -0.482 e. The Morgan fingerprint density at radius 1 is 1.24 bits per heavy atom. The van der Waals surface area contributed by atoms with E-state index < -0.39 is 0 Å². The summed E-state index contributed by atoms with van der Waals surface area (Å²) in [5.74, 6) is 0.0621. The van der Waals surface area contributed by atoms with Crippen LogP contribution in [-0.2, 0) is 9.59 Å². The SMILES string of the molecule is CC(NC(=O)CN1C(=O)COc2ccccc21)c1ccc(Cl)c(Cl)c1. The standard InChI is InChI=1S/C18H16Cl2N2O3/c1-11(12-6-7-13(19)14(20)8-12)21-17(23)9-22-15-4-2-3-5-16(15)25-10-18(22)24/h2-8,11H,9-10H2,1H3,(H,21,23). The molecule has 2 aromatic carbocycles. The predicted octanol–water partition coefficient (Wildman–Crippen LogP) is 3.60. The molecule has 7 heteroatoms. The number of ether oxygens (including phenoxy) is 1. The van der Waals surface area contributed by atoms with Gasteiger partial charge in [0, 0.05) is 0 Å². The maximum Gasteiger partial charge on any atom is 0.265 e. The Morgan fingerprint density at radius 2 is 2.00 bits per heavy atom. The Labute approximate surface area is 155 Å². The topological polar surface area (TPSA) is 58.6 Å². The molecule has 0 aliphatic carbocycles. The van der Waals surface area contributed by atoms with E-state index >= 15 is 0 Å². The smallest absolute Gasteiger partial charge is 0.265 e. The number of amides is 2. The molecule has 2 aromatic rings. The number of anilines is 1. The lowest BCUT2D eigenvalue weighted by molar-refractivity contribution is -0.125. The van der Waals surface area contributed by atoms with Gasteiger partial charge in [-0.15, -0.1) is 0 Å². The van der Waals surface area contributed by atoms with E-state index in [1.165, 1.54) is 4.90 Å². The van der Waals surface area contributed by atoms with Crippen LogP contribution in [0, 0.1) is 0 Å². The van der Waals surface area contributed by atoms with Crippen molar-refractivity contribution in [2.24, 2.45) is 0 Å². The number of carbonyl (C=O) groups excluding carboxylic acids is 2. The molecule has 25 heavy (non-hydrogen) atoms. The van der Waals surface area contributed by atoms with E-state index in [2.05, 4.69) is 5.32 Å². The van der Waals surface area contributed by atoms with Gasteiger partial charge in [0.1, 0.15) is 12.3 Å². The summed E-state index contributed by atoms with van der Waals surface area (Å²) >= 11 is 11.9. The highest BCUT2D eigenvalue weighted by Gasteiger charge is 2.27. The molecule has 1 aliphatic heterocycles. The number of hydrogen-bond donors (Lipinski definition) is 1. The molecule has 1 atom stereocenters. The number of halogens is 2. The number of hydrogen-bond acceptors (Lipinski definition) is 3. The molecule has 0 fully saturated rings. The summed E-state index contributed by atoms with van der Waals surface area (Å²) in [4.78, 5) is 25.9. The molecule has 3 rings (SSSR count). The zero-order valence-corrected chi connectivity index (χ0v) is 15.0. The number of nitrogens with one attached hydrogen (secondary N) is 1. The van der Waals surface area contributed by atoms with Gasteiger partial charge in [-0.05, 0) is 36.8 Å². The van der Waals surface area contributed by atoms with E-state index in [1.54, 1.807) is 36.4 Å². The Kier molecular flexibility index (Phi) is 5.16. The van der Waals surface area contributed by atoms with Gasteiger partial charge in [-0.25, -0.2) is 0 Å². The molecule has 5 nitrogen and oxygen atoms in total. The molecule has 130 valence electrons. The average molecular weight is 379 g/mol. The fraction of sp³-hybridized carbons (Fsp3) is 0.222. The van der Waals surface area contributed by atoms with Gasteiger partial charge in [-0.1, -0.05) is 41.4 Å². The molecular formula is C18H16Cl2N2O3. The van der Waals surface area contributed by atoms with Crippen molar-refractivity contribution in [3.63, 3.8) is 0 Å². The molecule has 0 saturated carbocycles. The van der Waals surface area contributed by atoms with E-state index in [9.17, 15) is 9.59 Å². The first kappa shape index (κ1) is 17.6. The van der Waals surface area contributed by atoms with Gasteiger partial charge in [-0.2, -0.15) is 0 Å². The number of para-hydroxylation sites is 2. The van der Waals surface area contributed by atoms with Gasteiger partial charge in [0.2, 0.25) is 5.91 Å². The Bertz CT molecular complexity index is 826. The van der Waals surface area contributed by atoms with Crippen LogP contribution in [0.2, 0.25) is 10.0 Å². The second-order valence-corrected chi connectivity index (χ2v) is 6.51. The third-order valence-corrected chi connectivity index (χ3v) is 4.67. The Hall–Kier alpha value is -2.24. The summed E-state index contributed by atoms with van der Waals surface area (Å²) < 4.78 is 5.37. The van der Waals surface area contributed by atoms with E-state index in [-0.39, 0.29) is 31.0 Å². The van der Waals surface area contributed by atoms with Crippen LogP contribution in [0.15, 0.2) is 42.5 Å². The highest BCUT2D eigenvalue weighted by atomic mass is 35.5.